The normalized spacial score (nSPS) is 20.7. The van der Waals surface area contributed by atoms with Crippen LogP contribution in [-0.2, 0) is 25.6 Å². The number of primary amides is 1. The highest BCUT2D eigenvalue weighted by atomic mass is 32.1. The Bertz CT molecular complexity index is 783. The summed E-state index contributed by atoms with van der Waals surface area (Å²) < 4.78 is 0. The zero-order valence-electron chi connectivity index (χ0n) is 18.5. The maximum atomic E-state index is 13.1. The molecule has 10 heteroatoms. The first-order valence-corrected chi connectivity index (χ1v) is 11.4. The van der Waals surface area contributed by atoms with Gasteiger partial charge in [0, 0.05) is 17.5 Å². The molecule has 1 saturated heterocycles. The van der Waals surface area contributed by atoms with Crippen LogP contribution in [-0.4, -0.2) is 66.3 Å². The summed E-state index contributed by atoms with van der Waals surface area (Å²) in [7, 11) is 1.68. The van der Waals surface area contributed by atoms with E-state index in [9.17, 15) is 19.2 Å². The van der Waals surface area contributed by atoms with Crippen molar-refractivity contribution in [3.05, 3.63) is 22.4 Å². The average Bonchev–Trinajstić information content (AvgIpc) is 3.22. The molecule has 4 amide bonds. The third-order valence-corrected chi connectivity index (χ3v) is 6.42. The molecule has 5 N–H and O–H groups in total. The molecule has 172 valence electrons. The largest absolute Gasteiger partial charge is 0.368 e. The van der Waals surface area contributed by atoms with Gasteiger partial charge in [-0.05, 0) is 44.2 Å². The van der Waals surface area contributed by atoms with Crippen molar-refractivity contribution in [1.29, 1.82) is 0 Å². The number of amides is 4. The van der Waals surface area contributed by atoms with Crippen molar-refractivity contribution in [2.24, 2.45) is 11.7 Å². The third kappa shape index (κ3) is 6.76. The minimum Gasteiger partial charge on any atom is -0.368 e. The third-order valence-electron chi connectivity index (χ3n) is 5.54. The molecule has 0 aromatic carbocycles. The smallest absolute Gasteiger partial charge is 0.243 e. The van der Waals surface area contributed by atoms with E-state index >= 15 is 0 Å². The Morgan fingerprint density at radius 3 is 2.52 bits per heavy atom. The van der Waals surface area contributed by atoms with Gasteiger partial charge in [-0.15, -0.1) is 11.3 Å². The van der Waals surface area contributed by atoms with Crippen LogP contribution in [0.2, 0.25) is 0 Å². The summed E-state index contributed by atoms with van der Waals surface area (Å²) in [5, 5.41) is 10.5. The summed E-state index contributed by atoms with van der Waals surface area (Å²) in [6.45, 7) is 5.63. The molecule has 1 aliphatic rings. The fourth-order valence-electron chi connectivity index (χ4n) is 3.65. The lowest BCUT2D eigenvalue weighted by molar-refractivity contribution is -0.145. The fourth-order valence-corrected chi connectivity index (χ4v) is 4.35. The number of nitrogens with zero attached hydrogens (tertiary/aromatic N) is 1. The molecule has 2 heterocycles. The second-order valence-electron chi connectivity index (χ2n) is 8.24. The number of piperidine rings is 1. The standard InChI is InChI=1S/C21H33N5O4S/c1-12(2)18(19(22)28)25-20(29)16-10-14(7-8-26(16)21(30)13(3)23-4)24-17(27)11-15-6-5-9-31-15/h5-6,9,12-14,16,18,23H,7-8,10-11H2,1-4H3,(H2,22,28)(H,24,27)(H,25,29). The molecule has 4 unspecified atom stereocenters. The van der Waals surface area contributed by atoms with E-state index in [1.165, 1.54) is 16.2 Å². The van der Waals surface area contributed by atoms with Gasteiger partial charge in [0.15, 0.2) is 0 Å². The molecule has 31 heavy (non-hydrogen) atoms. The molecule has 0 radical (unpaired) electrons. The van der Waals surface area contributed by atoms with Crippen LogP contribution in [0.15, 0.2) is 17.5 Å². The van der Waals surface area contributed by atoms with Crippen LogP contribution < -0.4 is 21.7 Å². The second kappa shape index (κ2) is 11.2. The Labute approximate surface area is 187 Å². The first-order chi connectivity index (χ1) is 14.6. The predicted octanol–water partition coefficient (Wildman–Crippen LogP) is 0.000400. The van der Waals surface area contributed by atoms with Crippen LogP contribution >= 0.6 is 11.3 Å². The maximum absolute atomic E-state index is 13.1. The Hall–Kier alpha value is -2.46. The Balaban J connectivity index is 2.13. The van der Waals surface area contributed by atoms with E-state index in [-0.39, 0.29) is 36.6 Å². The molecular weight excluding hydrogens is 418 g/mol. The first kappa shape index (κ1) is 24.8. The van der Waals surface area contributed by atoms with Gasteiger partial charge < -0.3 is 26.6 Å². The van der Waals surface area contributed by atoms with Crippen LogP contribution in [0.4, 0.5) is 0 Å². The summed E-state index contributed by atoms with van der Waals surface area (Å²) in [6.07, 6.45) is 1.10. The van der Waals surface area contributed by atoms with Crippen molar-refractivity contribution in [3.63, 3.8) is 0 Å². The number of nitrogens with one attached hydrogen (secondary N) is 3. The van der Waals surface area contributed by atoms with E-state index in [4.69, 9.17) is 5.73 Å². The van der Waals surface area contributed by atoms with Gasteiger partial charge in [0.05, 0.1) is 12.5 Å². The summed E-state index contributed by atoms with van der Waals surface area (Å²) in [6, 6.07) is 1.45. The molecule has 0 bridgehead atoms. The molecule has 1 fully saturated rings. The van der Waals surface area contributed by atoms with Crippen molar-refractivity contribution in [1.82, 2.24) is 20.9 Å². The van der Waals surface area contributed by atoms with Gasteiger partial charge in [-0.25, -0.2) is 0 Å². The number of nitrogens with two attached hydrogens (primary N) is 1. The van der Waals surface area contributed by atoms with Gasteiger partial charge in [-0.2, -0.15) is 0 Å². The van der Waals surface area contributed by atoms with Gasteiger partial charge in [-0.1, -0.05) is 19.9 Å². The van der Waals surface area contributed by atoms with E-state index in [0.29, 0.717) is 13.0 Å². The number of hydrogen-bond acceptors (Lipinski definition) is 6. The van der Waals surface area contributed by atoms with E-state index < -0.39 is 29.9 Å². The molecule has 1 aromatic rings. The lowest BCUT2D eigenvalue weighted by Gasteiger charge is -2.40. The lowest BCUT2D eigenvalue weighted by Crippen LogP contribution is -2.62. The Kier molecular flexibility index (Phi) is 9.00. The van der Waals surface area contributed by atoms with Crippen molar-refractivity contribution in [3.8, 4) is 0 Å². The molecule has 1 aromatic heterocycles. The van der Waals surface area contributed by atoms with Crippen LogP contribution in [0.1, 0.15) is 38.5 Å². The summed E-state index contributed by atoms with van der Waals surface area (Å²) in [4.78, 5) is 52.6. The van der Waals surface area contributed by atoms with Crippen molar-refractivity contribution in [2.45, 2.75) is 64.2 Å². The van der Waals surface area contributed by atoms with Gasteiger partial charge >= 0.3 is 0 Å². The Morgan fingerprint density at radius 1 is 1.26 bits per heavy atom. The monoisotopic (exact) mass is 451 g/mol. The van der Waals surface area contributed by atoms with Crippen LogP contribution in [0.25, 0.3) is 0 Å². The zero-order valence-corrected chi connectivity index (χ0v) is 19.3. The highest BCUT2D eigenvalue weighted by Crippen LogP contribution is 2.20. The van der Waals surface area contributed by atoms with E-state index in [2.05, 4.69) is 16.0 Å². The fraction of sp³-hybridized carbons (Fsp3) is 0.619. The van der Waals surface area contributed by atoms with Crippen molar-refractivity contribution in [2.75, 3.05) is 13.6 Å². The van der Waals surface area contributed by atoms with Crippen LogP contribution in [0.5, 0.6) is 0 Å². The summed E-state index contributed by atoms with van der Waals surface area (Å²) in [5.74, 6) is -1.57. The molecule has 0 saturated carbocycles. The number of carbonyl (C=O) groups is 4. The quantitative estimate of drug-likeness (QED) is 0.419. The van der Waals surface area contributed by atoms with E-state index in [0.717, 1.165) is 4.88 Å². The summed E-state index contributed by atoms with van der Waals surface area (Å²) in [5.41, 5.74) is 5.44. The number of carbonyl (C=O) groups excluding carboxylic acids is 4. The number of likely N-dealkylation sites (N-methyl/N-ethyl adjacent to an activating group) is 1. The summed E-state index contributed by atoms with van der Waals surface area (Å²) >= 11 is 1.51. The predicted molar refractivity (Wildman–Crippen MR) is 119 cm³/mol. The average molecular weight is 452 g/mol. The highest BCUT2D eigenvalue weighted by molar-refractivity contribution is 7.10. The highest BCUT2D eigenvalue weighted by Gasteiger charge is 2.39. The molecule has 2 rings (SSSR count). The number of hydrogen-bond donors (Lipinski definition) is 4. The van der Waals surface area contributed by atoms with Crippen LogP contribution in [0, 0.1) is 5.92 Å². The molecular formula is C21H33N5O4S. The van der Waals surface area contributed by atoms with Crippen molar-refractivity contribution < 1.29 is 19.2 Å². The van der Waals surface area contributed by atoms with E-state index in [1.807, 2.05) is 17.5 Å². The topological polar surface area (TPSA) is 134 Å². The number of likely N-dealkylation sites (tertiary alicyclic amines) is 1. The number of rotatable bonds is 9. The van der Waals surface area contributed by atoms with Gasteiger partial charge in [0.1, 0.15) is 12.1 Å². The minimum absolute atomic E-state index is 0.118. The maximum Gasteiger partial charge on any atom is 0.243 e. The minimum atomic E-state index is -0.833. The van der Waals surface area contributed by atoms with Crippen molar-refractivity contribution >= 4 is 35.0 Å². The number of thiophene rings is 1. The van der Waals surface area contributed by atoms with Crippen LogP contribution in [0.3, 0.4) is 0 Å². The first-order valence-electron chi connectivity index (χ1n) is 10.5. The molecule has 0 spiro atoms. The molecule has 4 atom stereocenters. The molecule has 1 aliphatic heterocycles. The van der Waals surface area contributed by atoms with E-state index in [1.54, 1.807) is 27.8 Å². The molecule has 0 aliphatic carbocycles. The SMILES string of the molecule is CNC(C)C(=O)N1CCC(NC(=O)Cc2cccs2)CC1C(=O)NC(C(N)=O)C(C)C. The second-order valence-corrected chi connectivity index (χ2v) is 9.27. The Morgan fingerprint density at radius 2 is 1.97 bits per heavy atom. The lowest BCUT2D eigenvalue weighted by atomic mass is 9.94. The van der Waals surface area contributed by atoms with Gasteiger partial charge in [-0.3, -0.25) is 19.2 Å². The molecule has 9 nitrogen and oxygen atoms in total. The zero-order chi connectivity index (χ0) is 23.1. The van der Waals surface area contributed by atoms with Gasteiger partial charge in [0.25, 0.3) is 0 Å². The van der Waals surface area contributed by atoms with Gasteiger partial charge in [0.2, 0.25) is 23.6 Å².